The van der Waals surface area contributed by atoms with Crippen LogP contribution >= 0.6 is 0 Å². The van der Waals surface area contributed by atoms with Crippen LogP contribution in [0.15, 0.2) is 60.7 Å². The standard InChI is InChI=1S/C24H33NO2/c1-2-17-27-20-24(26)15-13-23(14-16-24)25(18-21-9-5-3-6-10-21)19-22-11-7-4-8-12-22/h3-12,23,26H,2,13-20H2,1H3. The number of rotatable bonds is 9. The molecule has 2 aromatic rings. The van der Waals surface area contributed by atoms with Gasteiger partial charge in [0.15, 0.2) is 0 Å². The number of hydrogen-bond acceptors (Lipinski definition) is 3. The van der Waals surface area contributed by atoms with Crippen molar-refractivity contribution in [2.45, 2.75) is 63.8 Å². The summed E-state index contributed by atoms with van der Waals surface area (Å²) in [4.78, 5) is 2.58. The molecule has 1 saturated carbocycles. The van der Waals surface area contributed by atoms with Gasteiger partial charge in [-0.25, -0.2) is 0 Å². The van der Waals surface area contributed by atoms with Crippen molar-refractivity contribution >= 4 is 0 Å². The number of aliphatic hydroxyl groups is 1. The second-order valence-electron chi connectivity index (χ2n) is 7.88. The minimum absolute atomic E-state index is 0.477. The van der Waals surface area contributed by atoms with Crippen LogP contribution in [-0.2, 0) is 17.8 Å². The number of nitrogens with zero attached hydrogens (tertiary/aromatic N) is 1. The van der Waals surface area contributed by atoms with E-state index in [9.17, 15) is 5.11 Å². The molecule has 3 heteroatoms. The van der Waals surface area contributed by atoms with Crippen molar-refractivity contribution in [2.75, 3.05) is 13.2 Å². The van der Waals surface area contributed by atoms with Gasteiger partial charge in [0.1, 0.15) is 0 Å². The van der Waals surface area contributed by atoms with Gasteiger partial charge >= 0.3 is 0 Å². The van der Waals surface area contributed by atoms with E-state index in [1.54, 1.807) is 0 Å². The third kappa shape index (κ3) is 6.17. The smallest absolute Gasteiger partial charge is 0.0881 e. The number of ether oxygens (including phenoxy) is 1. The lowest BCUT2D eigenvalue weighted by Gasteiger charge is -2.41. The summed E-state index contributed by atoms with van der Waals surface area (Å²) in [7, 11) is 0. The van der Waals surface area contributed by atoms with Crippen LogP contribution in [0.25, 0.3) is 0 Å². The molecule has 27 heavy (non-hydrogen) atoms. The summed E-state index contributed by atoms with van der Waals surface area (Å²) >= 11 is 0. The van der Waals surface area contributed by atoms with E-state index in [0.29, 0.717) is 12.6 Å². The van der Waals surface area contributed by atoms with Crippen molar-refractivity contribution in [1.82, 2.24) is 4.90 Å². The van der Waals surface area contributed by atoms with Gasteiger partial charge in [-0.15, -0.1) is 0 Å². The summed E-state index contributed by atoms with van der Waals surface area (Å²) in [5, 5.41) is 10.8. The monoisotopic (exact) mass is 367 g/mol. The minimum Gasteiger partial charge on any atom is -0.387 e. The van der Waals surface area contributed by atoms with Crippen LogP contribution in [0.2, 0.25) is 0 Å². The molecule has 0 amide bonds. The predicted octanol–water partition coefficient (Wildman–Crippen LogP) is 4.79. The molecular weight excluding hydrogens is 334 g/mol. The Hall–Kier alpha value is -1.68. The van der Waals surface area contributed by atoms with Crippen LogP contribution in [-0.4, -0.2) is 34.9 Å². The van der Waals surface area contributed by atoms with E-state index in [1.807, 2.05) is 0 Å². The molecule has 0 heterocycles. The molecular formula is C24H33NO2. The number of hydrogen-bond donors (Lipinski definition) is 1. The highest BCUT2D eigenvalue weighted by molar-refractivity contribution is 5.17. The van der Waals surface area contributed by atoms with Gasteiger partial charge in [-0.1, -0.05) is 67.6 Å². The van der Waals surface area contributed by atoms with Gasteiger partial charge in [0.25, 0.3) is 0 Å². The largest absolute Gasteiger partial charge is 0.387 e. The highest BCUT2D eigenvalue weighted by Gasteiger charge is 2.35. The zero-order chi connectivity index (χ0) is 19.0. The van der Waals surface area contributed by atoms with Crippen LogP contribution in [0.3, 0.4) is 0 Å². The van der Waals surface area contributed by atoms with Gasteiger partial charge in [0.2, 0.25) is 0 Å². The Morgan fingerprint density at radius 1 is 0.926 bits per heavy atom. The Morgan fingerprint density at radius 3 is 1.93 bits per heavy atom. The fraction of sp³-hybridized carbons (Fsp3) is 0.500. The first-order valence-corrected chi connectivity index (χ1v) is 10.3. The van der Waals surface area contributed by atoms with Crippen molar-refractivity contribution in [3.8, 4) is 0 Å². The van der Waals surface area contributed by atoms with E-state index in [4.69, 9.17) is 4.74 Å². The average molecular weight is 368 g/mol. The Balaban J connectivity index is 1.64. The summed E-state index contributed by atoms with van der Waals surface area (Å²) in [6.45, 7) is 5.22. The highest BCUT2D eigenvalue weighted by atomic mass is 16.5. The molecule has 146 valence electrons. The molecule has 0 aromatic heterocycles. The molecule has 0 unspecified atom stereocenters. The SMILES string of the molecule is CCCOCC1(O)CCC(N(Cc2ccccc2)Cc2ccccc2)CC1. The zero-order valence-corrected chi connectivity index (χ0v) is 16.5. The maximum absolute atomic E-state index is 10.8. The Kier molecular flexibility index (Phi) is 7.45. The predicted molar refractivity (Wildman–Crippen MR) is 110 cm³/mol. The highest BCUT2D eigenvalue weighted by Crippen LogP contribution is 2.32. The lowest BCUT2D eigenvalue weighted by molar-refractivity contribution is -0.0812. The second kappa shape index (κ2) is 10.0. The summed E-state index contributed by atoms with van der Waals surface area (Å²) in [5.74, 6) is 0. The molecule has 0 radical (unpaired) electrons. The van der Waals surface area contributed by atoms with Crippen molar-refractivity contribution in [3.05, 3.63) is 71.8 Å². The molecule has 0 spiro atoms. The molecule has 1 aliphatic carbocycles. The second-order valence-corrected chi connectivity index (χ2v) is 7.88. The van der Waals surface area contributed by atoms with E-state index < -0.39 is 5.60 Å². The molecule has 3 rings (SSSR count). The van der Waals surface area contributed by atoms with E-state index >= 15 is 0 Å². The first-order valence-electron chi connectivity index (χ1n) is 10.3. The maximum atomic E-state index is 10.8. The average Bonchev–Trinajstić information content (AvgIpc) is 2.70. The van der Waals surface area contributed by atoms with Crippen LogP contribution in [0.4, 0.5) is 0 Å². The molecule has 0 aliphatic heterocycles. The fourth-order valence-electron chi connectivity index (χ4n) is 4.01. The van der Waals surface area contributed by atoms with E-state index in [-0.39, 0.29) is 0 Å². The Labute approximate surface area is 164 Å². The fourth-order valence-corrected chi connectivity index (χ4v) is 4.01. The van der Waals surface area contributed by atoms with Crippen LogP contribution in [0, 0.1) is 0 Å². The summed E-state index contributed by atoms with van der Waals surface area (Å²) in [6.07, 6.45) is 4.68. The molecule has 0 atom stereocenters. The zero-order valence-electron chi connectivity index (χ0n) is 16.5. The Bertz CT molecular complexity index is 609. The molecule has 3 nitrogen and oxygen atoms in total. The minimum atomic E-state index is -0.642. The lowest BCUT2D eigenvalue weighted by atomic mass is 9.82. The Morgan fingerprint density at radius 2 is 1.44 bits per heavy atom. The van der Waals surface area contributed by atoms with Gasteiger partial charge in [-0.3, -0.25) is 4.90 Å². The molecule has 0 saturated heterocycles. The summed E-state index contributed by atoms with van der Waals surface area (Å²) < 4.78 is 5.65. The third-order valence-corrected chi connectivity index (χ3v) is 5.58. The quantitative estimate of drug-likeness (QED) is 0.647. The summed E-state index contributed by atoms with van der Waals surface area (Å²) in [6, 6.07) is 21.9. The lowest BCUT2D eigenvalue weighted by Crippen LogP contribution is -2.45. The van der Waals surface area contributed by atoms with Gasteiger partial charge in [-0.2, -0.15) is 0 Å². The van der Waals surface area contributed by atoms with E-state index in [1.165, 1.54) is 11.1 Å². The first kappa shape index (κ1) is 20.1. The molecule has 2 aromatic carbocycles. The van der Waals surface area contributed by atoms with Gasteiger partial charge in [0, 0.05) is 25.7 Å². The van der Waals surface area contributed by atoms with Crippen molar-refractivity contribution in [3.63, 3.8) is 0 Å². The number of benzene rings is 2. The van der Waals surface area contributed by atoms with Gasteiger partial charge in [0.05, 0.1) is 12.2 Å². The van der Waals surface area contributed by atoms with Crippen molar-refractivity contribution < 1.29 is 9.84 Å². The van der Waals surface area contributed by atoms with E-state index in [2.05, 4.69) is 72.5 Å². The van der Waals surface area contributed by atoms with Crippen molar-refractivity contribution in [1.29, 1.82) is 0 Å². The normalized spacial score (nSPS) is 22.9. The molecule has 1 aliphatic rings. The van der Waals surface area contributed by atoms with Crippen molar-refractivity contribution in [2.24, 2.45) is 0 Å². The van der Waals surface area contributed by atoms with Crippen LogP contribution in [0.1, 0.15) is 50.2 Å². The molecule has 1 N–H and O–H groups in total. The van der Waals surface area contributed by atoms with Gasteiger partial charge < -0.3 is 9.84 Å². The van der Waals surface area contributed by atoms with Crippen LogP contribution in [0.5, 0.6) is 0 Å². The molecule has 1 fully saturated rings. The van der Waals surface area contributed by atoms with E-state index in [0.717, 1.165) is 51.8 Å². The maximum Gasteiger partial charge on any atom is 0.0881 e. The third-order valence-electron chi connectivity index (χ3n) is 5.58. The van der Waals surface area contributed by atoms with Crippen LogP contribution < -0.4 is 0 Å². The van der Waals surface area contributed by atoms with Gasteiger partial charge in [-0.05, 0) is 43.2 Å². The first-order chi connectivity index (χ1) is 13.2. The summed E-state index contributed by atoms with van der Waals surface area (Å²) in [5.41, 5.74) is 2.05. The topological polar surface area (TPSA) is 32.7 Å². The molecule has 0 bridgehead atoms.